The molecule has 1 saturated carbocycles. The second kappa shape index (κ2) is 8.03. The Labute approximate surface area is 122 Å². The lowest BCUT2D eigenvalue weighted by molar-refractivity contribution is 0.140. The van der Waals surface area contributed by atoms with Crippen molar-refractivity contribution < 1.29 is 0 Å². The molecule has 19 heavy (non-hydrogen) atoms. The fourth-order valence-corrected chi connectivity index (χ4v) is 3.87. The molecular formula is C16H28N2S. The molecule has 0 radical (unpaired) electrons. The highest BCUT2D eigenvalue weighted by Gasteiger charge is 2.24. The lowest BCUT2D eigenvalue weighted by Crippen LogP contribution is -2.42. The molecule has 1 aliphatic carbocycles. The van der Waals surface area contributed by atoms with Gasteiger partial charge in [0, 0.05) is 30.6 Å². The van der Waals surface area contributed by atoms with Crippen molar-refractivity contribution in [1.29, 1.82) is 0 Å². The maximum absolute atomic E-state index is 3.57. The van der Waals surface area contributed by atoms with E-state index < -0.39 is 0 Å². The molecule has 1 fully saturated rings. The number of nitrogens with one attached hydrogen (secondary N) is 1. The molecule has 1 aromatic rings. The van der Waals surface area contributed by atoms with E-state index >= 15 is 0 Å². The average Bonchev–Trinajstić information content (AvgIpc) is 2.92. The van der Waals surface area contributed by atoms with Crippen LogP contribution in [0.5, 0.6) is 0 Å². The third-order valence-corrected chi connectivity index (χ3v) is 5.34. The molecule has 0 saturated heterocycles. The number of hydrogen-bond donors (Lipinski definition) is 1. The molecule has 0 bridgehead atoms. The minimum Gasteiger partial charge on any atom is -0.315 e. The first-order valence-corrected chi connectivity index (χ1v) is 8.58. The van der Waals surface area contributed by atoms with Gasteiger partial charge in [-0.1, -0.05) is 25.8 Å². The monoisotopic (exact) mass is 280 g/mol. The summed E-state index contributed by atoms with van der Waals surface area (Å²) in [5.74, 6) is 0.880. The van der Waals surface area contributed by atoms with Gasteiger partial charge in [-0.3, -0.25) is 0 Å². The van der Waals surface area contributed by atoms with Gasteiger partial charge in [0.05, 0.1) is 0 Å². The maximum Gasteiger partial charge on any atom is 0.0118 e. The van der Waals surface area contributed by atoms with Crippen molar-refractivity contribution in [1.82, 2.24) is 10.2 Å². The summed E-state index contributed by atoms with van der Waals surface area (Å²) in [7, 11) is 2.30. The lowest BCUT2D eigenvalue weighted by Gasteiger charge is -2.36. The first-order valence-electron chi connectivity index (χ1n) is 7.70. The average molecular weight is 280 g/mol. The summed E-state index contributed by atoms with van der Waals surface area (Å²) in [6.45, 7) is 5.82. The van der Waals surface area contributed by atoms with Gasteiger partial charge < -0.3 is 10.2 Å². The molecule has 0 aliphatic heterocycles. The highest BCUT2D eigenvalue weighted by molar-refractivity contribution is 7.09. The molecule has 1 heterocycles. The Morgan fingerprint density at radius 1 is 1.32 bits per heavy atom. The normalized spacial score (nSPS) is 23.9. The highest BCUT2D eigenvalue weighted by Crippen LogP contribution is 2.26. The number of rotatable bonds is 7. The van der Waals surface area contributed by atoms with Crippen LogP contribution in [0.4, 0.5) is 0 Å². The van der Waals surface area contributed by atoms with Crippen molar-refractivity contribution in [2.45, 2.75) is 45.1 Å². The fourth-order valence-electron chi connectivity index (χ4n) is 3.16. The zero-order valence-corrected chi connectivity index (χ0v) is 13.2. The van der Waals surface area contributed by atoms with Gasteiger partial charge in [0.1, 0.15) is 0 Å². The predicted octanol–water partition coefficient (Wildman–Crippen LogP) is 3.39. The van der Waals surface area contributed by atoms with Crippen LogP contribution in [0.15, 0.2) is 17.5 Å². The Morgan fingerprint density at radius 2 is 2.16 bits per heavy atom. The summed E-state index contributed by atoms with van der Waals surface area (Å²) < 4.78 is 0. The minimum absolute atomic E-state index is 0.813. The summed E-state index contributed by atoms with van der Waals surface area (Å²) in [4.78, 5) is 4.06. The largest absolute Gasteiger partial charge is 0.315 e. The van der Waals surface area contributed by atoms with E-state index in [0.29, 0.717) is 0 Å². The molecule has 0 aromatic carbocycles. The first kappa shape index (κ1) is 15.0. The Hall–Kier alpha value is -0.380. The molecule has 1 aliphatic rings. The zero-order valence-electron chi connectivity index (χ0n) is 12.4. The fraction of sp³-hybridized carbons (Fsp3) is 0.750. The number of nitrogens with zero attached hydrogens (tertiary/aromatic N) is 1. The Morgan fingerprint density at radius 3 is 2.89 bits per heavy atom. The molecule has 3 heteroatoms. The van der Waals surface area contributed by atoms with Crippen molar-refractivity contribution in [2.75, 3.05) is 26.7 Å². The van der Waals surface area contributed by atoms with Gasteiger partial charge in [-0.05, 0) is 43.7 Å². The number of likely N-dealkylation sites (N-methyl/N-ethyl adjacent to an activating group) is 1. The van der Waals surface area contributed by atoms with Crippen molar-refractivity contribution in [3.63, 3.8) is 0 Å². The molecule has 2 unspecified atom stereocenters. The molecule has 1 aromatic heterocycles. The second-order valence-electron chi connectivity index (χ2n) is 5.89. The Balaban J connectivity index is 1.57. The lowest BCUT2D eigenvalue weighted by atomic mass is 9.85. The topological polar surface area (TPSA) is 15.3 Å². The zero-order chi connectivity index (χ0) is 13.5. The Kier molecular flexibility index (Phi) is 6.35. The smallest absolute Gasteiger partial charge is 0.0118 e. The highest BCUT2D eigenvalue weighted by atomic mass is 32.1. The third-order valence-electron chi connectivity index (χ3n) is 4.40. The van der Waals surface area contributed by atoms with Gasteiger partial charge in [0.15, 0.2) is 0 Å². The van der Waals surface area contributed by atoms with Crippen molar-refractivity contribution in [2.24, 2.45) is 5.92 Å². The van der Waals surface area contributed by atoms with E-state index in [-0.39, 0.29) is 0 Å². The standard InChI is InChI=1S/C16H28N2S/c1-14-6-3-4-8-16(14)18(2)12-11-17-10-9-15-7-5-13-19-15/h5,7,13-14,16-17H,3-4,6,8-12H2,1-2H3. The molecular weight excluding hydrogens is 252 g/mol. The van der Waals surface area contributed by atoms with Crippen molar-refractivity contribution in [3.8, 4) is 0 Å². The summed E-state index contributed by atoms with van der Waals surface area (Å²) in [5.41, 5.74) is 0. The summed E-state index contributed by atoms with van der Waals surface area (Å²) >= 11 is 1.86. The van der Waals surface area contributed by atoms with Gasteiger partial charge in [-0.15, -0.1) is 11.3 Å². The van der Waals surface area contributed by atoms with Crippen LogP contribution in [0, 0.1) is 5.92 Å². The van der Waals surface area contributed by atoms with Gasteiger partial charge >= 0.3 is 0 Å². The van der Waals surface area contributed by atoms with Crippen molar-refractivity contribution >= 4 is 11.3 Å². The first-order chi connectivity index (χ1) is 9.27. The molecule has 1 N–H and O–H groups in total. The summed E-state index contributed by atoms with van der Waals surface area (Å²) in [5, 5.41) is 5.73. The number of hydrogen-bond acceptors (Lipinski definition) is 3. The minimum atomic E-state index is 0.813. The van der Waals surface area contributed by atoms with Crippen LogP contribution in [0.1, 0.15) is 37.5 Å². The van der Waals surface area contributed by atoms with Gasteiger partial charge in [-0.25, -0.2) is 0 Å². The van der Waals surface area contributed by atoms with E-state index in [2.05, 4.69) is 41.7 Å². The molecule has 108 valence electrons. The molecule has 2 nitrogen and oxygen atoms in total. The summed E-state index contributed by atoms with van der Waals surface area (Å²) in [6.07, 6.45) is 6.84. The quantitative estimate of drug-likeness (QED) is 0.770. The third kappa shape index (κ3) is 4.90. The molecule has 0 spiro atoms. The second-order valence-corrected chi connectivity index (χ2v) is 6.92. The van der Waals surface area contributed by atoms with Crippen LogP contribution < -0.4 is 5.32 Å². The van der Waals surface area contributed by atoms with E-state index in [4.69, 9.17) is 0 Å². The van der Waals surface area contributed by atoms with E-state index in [0.717, 1.165) is 25.0 Å². The molecule has 2 rings (SSSR count). The van der Waals surface area contributed by atoms with Crippen LogP contribution in [0.25, 0.3) is 0 Å². The van der Waals surface area contributed by atoms with Crippen molar-refractivity contribution in [3.05, 3.63) is 22.4 Å². The van der Waals surface area contributed by atoms with Gasteiger partial charge in [0.25, 0.3) is 0 Å². The molecule has 2 atom stereocenters. The SMILES string of the molecule is CC1CCCCC1N(C)CCNCCc1cccs1. The van der Waals surface area contributed by atoms with E-state index in [1.165, 1.54) is 43.5 Å². The van der Waals surface area contributed by atoms with Gasteiger partial charge in [0.2, 0.25) is 0 Å². The maximum atomic E-state index is 3.57. The number of thiophene rings is 1. The van der Waals surface area contributed by atoms with E-state index in [9.17, 15) is 0 Å². The summed E-state index contributed by atoms with van der Waals surface area (Å²) in [6, 6.07) is 5.17. The van der Waals surface area contributed by atoms with Crippen LogP contribution in [-0.2, 0) is 6.42 Å². The molecule has 0 amide bonds. The van der Waals surface area contributed by atoms with Crippen LogP contribution in [-0.4, -0.2) is 37.6 Å². The van der Waals surface area contributed by atoms with E-state index in [1.54, 1.807) is 0 Å². The van der Waals surface area contributed by atoms with Crippen LogP contribution in [0.2, 0.25) is 0 Å². The predicted molar refractivity (Wildman–Crippen MR) is 84.9 cm³/mol. The van der Waals surface area contributed by atoms with Crippen LogP contribution in [0.3, 0.4) is 0 Å². The van der Waals surface area contributed by atoms with E-state index in [1.807, 2.05) is 11.3 Å². The Bertz CT molecular complexity index is 337. The van der Waals surface area contributed by atoms with Crippen LogP contribution >= 0.6 is 11.3 Å². The van der Waals surface area contributed by atoms with Gasteiger partial charge in [-0.2, -0.15) is 0 Å².